The molecule has 5 rings (SSSR count). The normalized spacial score (nSPS) is 13.6. The number of ether oxygens (including phenoxy) is 1. The molecule has 2 aromatic carbocycles. The molecule has 4 aromatic rings. The van der Waals surface area contributed by atoms with E-state index in [1.54, 1.807) is 62.9 Å². The second kappa shape index (κ2) is 11.8. The summed E-state index contributed by atoms with van der Waals surface area (Å²) in [5.41, 5.74) is 1.56. The maximum absolute atomic E-state index is 13.5. The summed E-state index contributed by atoms with van der Waals surface area (Å²) in [5, 5.41) is 13.3. The first kappa shape index (κ1) is 27.8. The van der Waals surface area contributed by atoms with Crippen molar-refractivity contribution in [3.63, 3.8) is 0 Å². The highest BCUT2D eigenvalue weighted by Gasteiger charge is 2.20. The Morgan fingerprint density at radius 2 is 1.98 bits per heavy atom. The topological polar surface area (TPSA) is 147 Å². The molecule has 4 N–H and O–H groups in total. The van der Waals surface area contributed by atoms with E-state index in [4.69, 9.17) is 10.1 Å². The number of imidazole rings is 1. The molecule has 3 heterocycles. The number of benzene rings is 2. The number of anilines is 1. The fourth-order valence-electron chi connectivity index (χ4n) is 4.31. The van der Waals surface area contributed by atoms with Crippen molar-refractivity contribution in [1.82, 2.24) is 24.4 Å². The number of H-pyrrole nitrogens is 1. The first-order chi connectivity index (χ1) is 20.3. The Labute approximate surface area is 238 Å². The highest BCUT2D eigenvalue weighted by molar-refractivity contribution is 6.04. The summed E-state index contributed by atoms with van der Waals surface area (Å²) < 4.78 is 21.7. The lowest BCUT2D eigenvalue weighted by atomic mass is 10.1. The fraction of sp³-hybridized carbons (Fsp3) is 0.100. The number of dihydropyridines is 1. The number of carbonyl (C=O) groups is 1. The van der Waals surface area contributed by atoms with Crippen LogP contribution in [0.5, 0.6) is 5.75 Å². The highest BCUT2D eigenvalue weighted by atomic mass is 19.1. The van der Waals surface area contributed by atoms with Crippen molar-refractivity contribution in [3.8, 4) is 11.4 Å². The van der Waals surface area contributed by atoms with Gasteiger partial charge in [-0.1, -0.05) is 0 Å². The predicted octanol–water partition coefficient (Wildman–Crippen LogP) is 3.88. The Bertz CT molecular complexity index is 1880. The van der Waals surface area contributed by atoms with Crippen LogP contribution in [-0.4, -0.2) is 31.2 Å². The lowest BCUT2D eigenvalue weighted by molar-refractivity contribution is 0.102. The van der Waals surface area contributed by atoms with Gasteiger partial charge in [-0.3, -0.25) is 14.2 Å². The second-order valence-electron chi connectivity index (χ2n) is 9.22. The van der Waals surface area contributed by atoms with E-state index in [-0.39, 0.29) is 17.8 Å². The van der Waals surface area contributed by atoms with E-state index in [9.17, 15) is 18.8 Å². The lowest BCUT2D eigenvalue weighted by Crippen LogP contribution is -2.42. The number of hydrogen-bond donors (Lipinski definition) is 4. The van der Waals surface area contributed by atoms with Crippen LogP contribution in [0, 0.1) is 18.2 Å². The average Bonchev–Trinajstić information content (AvgIpc) is 3.52. The van der Waals surface area contributed by atoms with Gasteiger partial charge in [0.25, 0.3) is 11.5 Å². The Balaban J connectivity index is 1.41. The molecule has 0 aliphatic carbocycles. The van der Waals surface area contributed by atoms with Crippen molar-refractivity contribution in [3.05, 3.63) is 134 Å². The molecule has 1 aliphatic rings. The van der Waals surface area contributed by atoms with Gasteiger partial charge >= 0.3 is 5.69 Å². The quantitative estimate of drug-likeness (QED) is 0.238. The number of aromatic nitrogens is 4. The number of hydrogen-bond acceptors (Lipinski definition) is 7. The maximum Gasteiger partial charge on any atom is 0.335 e. The first-order valence-corrected chi connectivity index (χ1v) is 12.9. The average molecular weight is 568 g/mol. The molecule has 0 saturated carbocycles. The zero-order chi connectivity index (χ0) is 29.8. The summed E-state index contributed by atoms with van der Waals surface area (Å²) in [6, 6.07) is 9.84. The number of carbonyl (C=O) groups excluding carboxylic acids is 1. The number of nitrogens with zero attached hydrogens (tertiary/aromatic N) is 3. The van der Waals surface area contributed by atoms with E-state index >= 15 is 0 Å². The number of halogens is 1. The zero-order valence-corrected chi connectivity index (χ0v) is 22.6. The van der Waals surface area contributed by atoms with Crippen LogP contribution in [0.2, 0.25) is 0 Å². The molecule has 1 amide bonds. The third-order valence-corrected chi connectivity index (χ3v) is 6.46. The molecule has 0 radical (unpaired) electrons. The Morgan fingerprint density at radius 1 is 1.19 bits per heavy atom. The monoisotopic (exact) mass is 567 g/mol. The minimum Gasteiger partial charge on any atom is -0.455 e. The second-order valence-corrected chi connectivity index (χ2v) is 9.22. The summed E-state index contributed by atoms with van der Waals surface area (Å²) in [6.45, 7) is 3.71. The van der Waals surface area contributed by atoms with Crippen LogP contribution < -0.4 is 26.6 Å². The Hall–Kier alpha value is -5.78. The van der Waals surface area contributed by atoms with Gasteiger partial charge in [-0.15, -0.1) is 0 Å². The number of aryl methyl sites for hydroxylation is 2. The summed E-state index contributed by atoms with van der Waals surface area (Å²) in [5.74, 6) is -0.275. The van der Waals surface area contributed by atoms with Gasteiger partial charge in [0, 0.05) is 42.6 Å². The van der Waals surface area contributed by atoms with E-state index in [0.29, 0.717) is 34.2 Å². The van der Waals surface area contributed by atoms with E-state index in [1.165, 1.54) is 22.9 Å². The summed E-state index contributed by atoms with van der Waals surface area (Å²) >= 11 is 0. The molecule has 0 saturated heterocycles. The van der Waals surface area contributed by atoms with Gasteiger partial charge in [0.05, 0.1) is 23.4 Å². The van der Waals surface area contributed by atoms with Gasteiger partial charge in [0.1, 0.15) is 17.1 Å². The maximum atomic E-state index is 13.5. The third-order valence-electron chi connectivity index (χ3n) is 6.46. The number of aromatic amines is 1. The molecule has 1 aliphatic heterocycles. The SMILES string of the molecule is CCn1cc(C(=O)Nc2ccc(OC3=CC(c4c[nH]cn4)=CN/C3=C\C=N)c(C)c2)c(=O)n(-c2ccc(F)cc2)c1=O. The molecule has 0 atom stereocenters. The van der Waals surface area contributed by atoms with Crippen LogP contribution in [0.4, 0.5) is 10.1 Å². The standard InChI is InChI=1S/C30H26FN7O4/c1-3-37-16-23(29(40)38(30(37)41)22-7-4-20(31)5-8-22)28(39)36-21-6-9-26(18(2)12-21)42-27-13-19(25-15-33-17-35-25)14-34-24(27)10-11-32/h4-17,32,34H,3H2,1-2H3,(H,33,35)(H,36,39)/b24-10-,32-11?. The minimum absolute atomic E-state index is 0.147. The van der Waals surface area contributed by atoms with Crippen LogP contribution in [0.25, 0.3) is 11.3 Å². The third kappa shape index (κ3) is 5.59. The number of nitrogens with one attached hydrogen (secondary N) is 4. The zero-order valence-electron chi connectivity index (χ0n) is 22.6. The van der Waals surface area contributed by atoms with Gasteiger partial charge < -0.3 is 25.8 Å². The van der Waals surface area contributed by atoms with Crippen molar-refractivity contribution >= 4 is 23.4 Å². The fourth-order valence-corrected chi connectivity index (χ4v) is 4.31. The van der Waals surface area contributed by atoms with Crippen LogP contribution in [-0.2, 0) is 6.54 Å². The van der Waals surface area contributed by atoms with Crippen LogP contribution in [0.1, 0.15) is 28.5 Å². The van der Waals surface area contributed by atoms with Gasteiger partial charge in [-0.2, -0.15) is 0 Å². The smallest absolute Gasteiger partial charge is 0.335 e. The van der Waals surface area contributed by atoms with E-state index in [0.717, 1.165) is 28.5 Å². The summed E-state index contributed by atoms with van der Waals surface area (Å²) in [4.78, 5) is 46.5. The van der Waals surface area contributed by atoms with Gasteiger partial charge in [-0.05, 0) is 74.0 Å². The van der Waals surface area contributed by atoms with Crippen molar-refractivity contribution in [2.75, 3.05) is 5.32 Å². The highest BCUT2D eigenvalue weighted by Crippen LogP contribution is 2.29. The van der Waals surface area contributed by atoms with Gasteiger partial charge in [0.2, 0.25) is 0 Å². The van der Waals surface area contributed by atoms with Crippen molar-refractivity contribution in [1.29, 1.82) is 5.41 Å². The van der Waals surface area contributed by atoms with Gasteiger partial charge in [0.15, 0.2) is 5.76 Å². The summed E-state index contributed by atoms with van der Waals surface area (Å²) in [7, 11) is 0. The molecule has 12 heteroatoms. The van der Waals surface area contributed by atoms with E-state index in [1.807, 2.05) is 0 Å². The predicted molar refractivity (Wildman–Crippen MR) is 156 cm³/mol. The number of amides is 1. The molecule has 212 valence electrons. The van der Waals surface area contributed by atoms with Crippen molar-refractivity contribution < 1.29 is 13.9 Å². The van der Waals surface area contributed by atoms with Gasteiger partial charge in [-0.25, -0.2) is 18.7 Å². The lowest BCUT2D eigenvalue weighted by Gasteiger charge is -2.20. The number of allylic oxidation sites excluding steroid dienone is 3. The molecule has 0 spiro atoms. The van der Waals surface area contributed by atoms with Crippen LogP contribution in [0.15, 0.2) is 101 Å². The molecule has 0 bridgehead atoms. The van der Waals surface area contributed by atoms with Crippen molar-refractivity contribution in [2.45, 2.75) is 20.4 Å². The van der Waals surface area contributed by atoms with Crippen molar-refractivity contribution in [2.24, 2.45) is 0 Å². The Kier molecular flexibility index (Phi) is 7.78. The number of rotatable bonds is 8. The minimum atomic E-state index is -0.825. The van der Waals surface area contributed by atoms with E-state index < -0.39 is 23.0 Å². The van der Waals surface area contributed by atoms with E-state index in [2.05, 4.69) is 20.6 Å². The largest absolute Gasteiger partial charge is 0.455 e. The van der Waals surface area contributed by atoms with Crippen LogP contribution >= 0.6 is 0 Å². The Morgan fingerprint density at radius 3 is 2.64 bits per heavy atom. The molecular formula is C30H26FN7O4. The summed E-state index contributed by atoms with van der Waals surface area (Å²) in [6.07, 6.45) is 10.8. The van der Waals surface area contributed by atoms with Crippen LogP contribution in [0.3, 0.4) is 0 Å². The molecule has 0 unspecified atom stereocenters. The molecule has 0 fully saturated rings. The molecule has 11 nitrogen and oxygen atoms in total. The molecule has 42 heavy (non-hydrogen) atoms. The first-order valence-electron chi connectivity index (χ1n) is 12.9. The molecular weight excluding hydrogens is 541 g/mol. The molecule has 2 aromatic heterocycles.